The van der Waals surface area contributed by atoms with Crippen LogP contribution < -0.4 is 10.5 Å². The first-order valence-electron chi connectivity index (χ1n) is 11.1. The molecule has 9 nitrogen and oxygen atoms in total. The number of hydrogen-bond acceptors (Lipinski definition) is 7. The van der Waals surface area contributed by atoms with E-state index in [1.807, 2.05) is 0 Å². The highest BCUT2D eigenvalue weighted by atomic mass is 19.4. The minimum Gasteiger partial charge on any atom is -0.339 e. The van der Waals surface area contributed by atoms with E-state index in [4.69, 9.17) is 0 Å². The summed E-state index contributed by atoms with van der Waals surface area (Å²) in [5, 5.41) is 3.78. The normalized spacial score (nSPS) is 15.9. The number of halogens is 6. The van der Waals surface area contributed by atoms with Crippen LogP contribution in [0.15, 0.2) is 29.5 Å². The summed E-state index contributed by atoms with van der Waals surface area (Å²) >= 11 is 0. The molecule has 1 amide bonds. The molecule has 198 valence electrons. The average Bonchev–Trinajstić information content (AvgIpc) is 2.83. The number of carbonyl (C=O) groups is 1. The molecule has 1 unspecified atom stereocenters. The molecule has 2 aromatic rings. The number of anilines is 1. The molecule has 1 aliphatic heterocycles. The third kappa shape index (κ3) is 6.30. The fourth-order valence-corrected chi connectivity index (χ4v) is 3.86. The lowest BCUT2D eigenvalue weighted by molar-refractivity contribution is -0.139. The standard InChI is InChI=1S/C21H25F6N7O2/c1-3-31(14(2)34-18(36)16(4-6-30-34)21(25,26)27)7-5-17(35)32-8-10-33(11-9-32)19-28-12-15(13-29-19)20(22,23)24/h4,6,12-14H,3,5,7-11H2,1-2H3. The van der Waals surface area contributed by atoms with Gasteiger partial charge in [-0.25, -0.2) is 14.6 Å². The first kappa shape index (κ1) is 27.4. The van der Waals surface area contributed by atoms with Crippen molar-refractivity contribution in [2.45, 2.75) is 38.8 Å². The SMILES string of the molecule is CCN(CCC(=O)N1CCN(c2ncc(C(F)(F)F)cn2)CC1)C(C)n1nccc(C(F)(F)F)c1=O. The van der Waals surface area contributed by atoms with E-state index in [2.05, 4.69) is 15.1 Å². The Kier molecular flexibility index (Phi) is 8.21. The molecule has 0 N–H and O–H groups in total. The predicted molar refractivity (Wildman–Crippen MR) is 116 cm³/mol. The molecule has 0 saturated carbocycles. The van der Waals surface area contributed by atoms with Crippen molar-refractivity contribution >= 4 is 11.9 Å². The lowest BCUT2D eigenvalue weighted by Gasteiger charge is -2.35. The Balaban J connectivity index is 1.56. The van der Waals surface area contributed by atoms with E-state index in [0.717, 1.165) is 10.9 Å². The fraction of sp³-hybridized carbons (Fsp3) is 0.571. The van der Waals surface area contributed by atoms with Gasteiger partial charge in [-0.3, -0.25) is 14.5 Å². The number of nitrogens with zero attached hydrogens (tertiary/aromatic N) is 7. The summed E-state index contributed by atoms with van der Waals surface area (Å²) in [7, 11) is 0. The molecule has 0 aromatic carbocycles. The van der Waals surface area contributed by atoms with E-state index in [1.165, 1.54) is 6.92 Å². The van der Waals surface area contributed by atoms with Crippen molar-refractivity contribution in [2.75, 3.05) is 44.2 Å². The van der Waals surface area contributed by atoms with Gasteiger partial charge in [-0.05, 0) is 19.5 Å². The van der Waals surface area contributed by atoms with E-state index in [9.17, 15) is 35.9 Å². The summed E-state index contributed by atoms with van der Waals surface area (Å²) in [5.41, 5.74) is -3.52. The van der Waals surface area contributed by atoms with Crippen LogP contribution >= 0.6 is 0 Å². The van der Waals surface area contributed by atoms with E-state index in [-0.39, 0.29) is 24.8 Å². The van der Waals surface area contributed by atoms with Crippen molar-refractivity contribution in [3.05, 3.63) is 46.1 Å². The van der Waals surface area contributed by atoms with E-state index < -0.39 is 35.2 Å². The largest absolute Gasteiger partial charge is 0.421 e. The van der Waals surface area contributed by atoms with Gasteiger partial charge in [0.2, 0.25) is 11.9 Å². The molecule has 0 bridgehead atoms. The zero-order valence-electron chi connectivity index (χ0n) is 19.6. The molecule has 36 heavy (non-hydrogen) atoms. The molecular formula is C21H25F6N7O2. The van der Waals surface area contributed by atoms with Gasteiger partial charge in [0.25, 0.3) is 5.56 Å². The van der Waals surface area contributed by atoms with Crippen LogP contribution in [0.3, 0.4) is 0 Å². The van der Waals surface area contributed by atoms with Gasteiger partial charge in [0.1, 0.15) is 11.7 Å². The van der Waals surface area contributed by atoms with Gasteiger partial charge >= 0.3 is 12.4 Å². The molecule has 2 aromatic heterocycles. The van der Waals surface area contributed by atoms with Crippen LogP contribution in [0.2, 0.25) is 0 Å². The Morgan fingerprint density at radius 1 is 1.06 bits per heavy atom. The molecule has 1 aliphatic rings. The van der Waals surface area contributed by atoms with Gasteiger partial charge in [0.05, 0.1) is 5.56 Å². The molecule has 0 spiro atoms. The highest BCUT2D eigenvalue weighted by Crippen LogP contribution is 2.28. The molecular weight excluding hydrogens is 496 g/mol. The van der Waals surface area contributed by atoms with Crippen molar-refractivity contribution < 1.29 is 31.1 Å². The van der Waals surface area contributed by atoms with E-state index in [0.29, 0.717) is 51.2 Å². The number of carbonyl (C=O) groups excluding carboxylic acids is 1. The third-order valence-electron chi connectivity index (χ3n) is 5.96. The Morgan fingerprint density at radius 3 is 2.19 bits per heavy atom. The summed E-state index contributed by atoms with van der Waals surface area (Å²) in [4.78, 5) is 37.5. The quantitative estimate of drug-likeness (QED) is 0.518. The van der Waals surface area contributed by atoms with Gasteiger partial charge in [0, 0.05) is 57.7 Å². The van der Waals surface area contributed by atoms with Crippen LogP contribution in [0, 0.1) is 0 Å². The Morgan fingerprint density at radius 2 is 1.67 bits per heavy atom. The van der Waals surface area contributed by atoms with Crippen molar-refractivity contribution in [2.24, 2.45) is 0 Å². The van der Waals surface area contributed by atoms with Gasteiger partial charge in [-0.1, -0.05) is 6.92 Å². The monoisotopic (exact) mass is 521 g/mol. The molecule has 3 rings (SSSR count). The summed E-state index contributed by atoms with van der Waals surface area (Å²) in [6, 6.07) is 0.626. The minimum atomic E-state index is -4.80. The fourth-order valence-electron chi connectivity index (χ4n) is 3.86. The highest BCUT2D eigenvalue weighted by molar-refractivity contribution is 5.76. The zero-order chi connectivity index (χ0) is 26.7. The first-order valence-corrected chi connectivity index (χ1v) is 11.1. The maximum atomic E-state index is 13.1. The van der Waals surface area contributed by atoms with Crippen molar-refractivity contribution in [3.63, 3.8) is 0 Å². The number of hydrogen-bond donors (Lipinski definition) is 0. The van der Waals surface area contributed by atoms with Crippen LogP contribution in [-0.2, 0) is 17.1 Å². The van der Waals surface area contributed by atoms with Crippen molar-refractivity contribution in [3.8, 4) is 0 Å². The van der Waals surface area contributed by atoms with Crippen LogP contribution in [-0.4, -0.2) is 74.7 Å². The lowest BCUT2D eigenvalue weighted by Crippen LogP contribution is -2.50. The van der Waals surface area contributed by atoms with Gasteiger partial charge in [-0.15, -0.1) is 0 Å². The van der Waals surface area contributed by atoms with E-state index >= 15 is 0 Å². The second-order valence-corrected chi connectivity index (χ2v) is 8.14. The summed E-state index contributed by atoms with van der Waals surface area (Å²) < 4.78 is 78.0. The maximum absolute atomic E-state index is 13.1. The average molecular weight is 521 g/mol. The number of piperazine rings is 1. The van der Waals surface area contributed by atoms with Crippen LogP contribution in [0.25, 0.3) is 0 Å². The smallest absolute Gasteiger partial charge is 0.339 e. The number of alkyl halides is 6. The lowest BCUT2D eigenvalue weighted by atomic mass is 10.2. The number of rotatable bonds is 7. The molecule has 15 heteroatoms. The number of aromatic nitrogens is 4. The predicted octanol–water partition coefficient (Wildman–Crippen LogP) is 2.65. The van der Waals surface area contributed by atoms with E-state index in [1.54, 1.807) is 21.6 Å². The molecule has 1 atom stereocenters. The molecule has 1 saturated heterocycles. The van der Waals surface area contributed by atoms with Gasteiger partial charge in [0.15, 0.2) is 0 Å². The third-order valence-corrected chi connectivity index (χ3v) is 5.96. The zero-order valence-corrected chi connectivity index (χ0v) is 19.6. The Labute approximate surface area is 202 Å². The Hall–Kier alpha value is -3.23. The van der Waals surface area contributed by atoms with Gasteiger partial charge < -0.3 is 9.80 Å². The number of amides is 1. The summed E-state index contributed by atoms with van der Waals surface area (Å²) in [5.74, 6) is -0.0573. The van der Waals surface area contributed by atoms with Crippen LogP contribution in [0.1, 0.15) is 37.6 Å². The highest BCUT2D eigenvalue weighted by Gasteiger charge is 2.36. The maximum Gasteiger partial charge on any atom is 0.421 e. The molecule has 3 heterocycles. The van der Waals surface area contributed by atoms with Gasteiger partial charge in [-0.2, -0.15) is 31.4 Å². The van der Waals surface area contributed by atoms with Crippen molar-refractivity contribution in [1.29, 1.82) is 0 Å². The Bertz CT molecular complexity index is 1100. The summed E-state index contributed by atoms with van der Waals surface area (Å²) in [6.45, 7) is 5.09. The molecule has 0 aliphatic carbocycles. The van der Waals surface area contributed by atoms with Crippen LogP contribution in [0.4, 0.5) is 32.3 Å². The summed E-state index contributed by atoms with van der Waals surface area (Å²) in [6.07, 6.45) is -7.75. The van der Waals surface area contributed by atoms with Crippen LogP contribution in [0.5, 0.6) is 0 Å². The second kappa shape index (κ2) is 10.8. The first-order chi connectivity index (χ1) is 16.8. The molecule has 1 fully saturated rings. The minimum absolute atomic E-state index is 0.0582. The topological polar surface area (TPSA) is 87.5 Å². The second-order valence-electron chi connectivity index (χ2n) is 8.14. The van der Waals surface area contributed by atoms with Crippen molar-refractivity contribution in [1.82, 2.24) is 29.5 Å². The molecule has 0 radical (unpaired) electrons.